The summed E-state index contributed by atoms with van der Waals surface area (Å²) in [6, 6.07) is 5.14. The molecule has 5 aliphatic rings. The molecule has 4 fully saturated rings. The zero-order valence-electron chi connectivity index (χ0n) is 18.7. The van der Waals surface area contributed by atoms with Gasteiger partial charge in [-0.25, -0.2) is 0 Å². The van der Waals surface area contributed by atoms with Crippen LogP contribution in [-0.2, 0) is 9.53 Å². The number of thioether (sulfide) groups is 1. The Morgan fingerprint density at radius 1 is 1.12 bits per heavy atom. The highest BCUT2D eigenvalue weighted by Gasteiger charge is 2.53. The molecule has 6 rings (SSSR count). The Kier molecular flexibility index (Phi) is 5.95. The Balaban J connectivity index is 1.34. The third-order valence-electron chi connectivity index (χ3n) is 8.00. The minimum Gasteiger partial charge on any atom is -0.496 e. The summed E-state index contributed by atoms with van der Waals surface area (Å²) in [4.78, 5) is 26.8. The largest absolute Gasteiger partial charge is 0.496 e. The number of hydrogen-bond donors (Lipinski definition) is 2. The van der Waals surface area contributed by atoms with Crippen molar-refractivity contribution in [2.24, 2.45) is 23.2 Å². The van der Waals surface area contributed by atoms with Crippen LogP contribution in [0.4, 0.5) is 5.69 Å². The lowest BCUT2D eigenvalue weighted by Crippen LogP contribution is -2.55. The van der Waals surface area contributed by atoms with E-state index in [0.29, 0.717) is 33.5 Å². The van der Waals surface area contributed by atoms with Crippen LogP contribution in [-0.4, -0.2) is 30.2 Å². The minimum absolute atomic E-state index is 0.0955. The molecule has 0 saturated heterocycles. The van der Waals surface area contributed by atoms with E-state index in [0.717, 1.165) is 23.5 Å². The molecule has 172 valence electrons. The molecule has 0 unspecified atom stereocenters. The number of allylic oxidation sites excluding steroid dienone is 1. The molecule has 32 heavy (non-hydrogen) atoms. The monoisotopic (exact) mass is 474 g/mol. The fraction of sp³-hybridized carbons (Fsp3) is 0.600. The molecule has 0 radical (unpaired) electrons. The maximum atomic E-state index is 13.4. The van der Waals surface area contributed by atoms with E-state index in [2.05, 4.69) is 17.6 Å². The average molecular weight is 475 g/mol. The van der Waals surface area contributed by atoms with Crippen LogP contribution in [0.25, 0.3) is 0 Å². The Morgan fingerprint density at radius 2 is 1.78 bits per heavy atom. The predicted octanol–water partition coefficient (Wildman–Crippen LogP) is 5.61. The maximum absolute atomic E-state index is 13.4. The van der Waals surface area contributed by atoms with Crippen LogP contribution < -0.4 is 10.6 Å². The molecule has 1 aliphatic heterocycles. The van der Waals surface area contributed by atoms with Gasteiger partial charge in [-0.2, -0.15) is 0 Å². The summed E-state index contributed by atoms with van der Waals surface area (Å²) in [5.41, 5.74) is 1.09. The molecule has 1 heterocycles. The van der Waals surface area contributed by atoms with Gasteiger partial charge in [0.25, 0.3) is 11.8 Å². The Bertz CT molecular complexity index is 941. The van der Waals surface area contributed by atoms with Crippen molar-refractivity contribution in [3.05, 3.63) is 39.4 Å². The quantitative estimate of drug-likeness (QED) is 0.582. The summed E-state index contributed by atoms with van der Waals surface area (Å²) in [7, 11) is 0. The maximum Gasteiger partial charge on any atom is 0.265 e. The lowest BCUT2D eigenvalue weighted by molar-refractivity contribution is -0.112. The first-order chi connectivity index (χ1) is 15.3. The first-order valence-electron chi connectivity index (χ1n) is 11.7. The van der Waals surface area contributed by atoms with Gasteiger partial charge in [-0.15, -0.1) is 11.8 Å². The Morgan fingerprint density at radius 3 is 2.41 bits per heavy atom. The van der Waals surface area contributed by atoms with E-state index < -0.39 is 0 Å². The SMILES string of the molecule is CC1=C(C(=O)Nc2ccc(Cl)cc2C(=O)N[C@H](C)C23CC4CC(CC(C4)C2)C3)SCCO1. The zero-order chi connectivity index (χ0) is 22.5. The van der Waals surface area contributed by atoms with Crippen molar-refractivity contribution >= 4 is 40.9 Å². The lowest BCUT2D eigenvalue weighted by atomic mass is 9.48. The fourth-order valence-corrected chi connectivity index (χ4v) is 7.85. The van der Waals surface area contributed by atoms with Crippen LogP contribution >= 0.6 is 23.4 Å². The normalized spacial score (nSPS) is 31.8. The number of carbonyl (C=O) groups excluding carboxylic acids is 2. The molecule has 4 aliphatic carbocycles. The van der Waals surface area contributed by atoms with Gasteiger partial charge in [0.15, 0.2) is 0 Å². The summed E-state index contributed by atoms with van der Waals surface area (Å²) in [6.07, 6.45) is 7.81. The van der Waals surface area contributed by atoms with E-state index in [1.807, 2.05) is 0 Å². The van der Waals surface area contributed by atoms with Crippen LogP contribution in [0.2, 0.25) is 5.02 Å². The number of nitrogens with one attached hydrogen (secondary N) is 2. The predicted molar refractivity (Wildman–Crippen MR) is 129 cm³/mol. The lowest BCUT2D eigenvalue weighted by Gasteiger charge is -2.59. The first-order valence-corrected chi connectivity index (χ1v) is 13.1. The molecule has 1 atom stereocenters. The van der Waals surface area contributed by atoms with Gasteiger partial charge in [0, 0.05) is 16.8 Å². The highest BCUT2D eigenvalue weighted by Crippen LogP contribution is 2.61. The highest BCUT2D eigenvalue weighted by molar-refractivity contribution is 8.04. The van der Waals surface area contributed by atoms with Gasteiger partial charge < -0.3 is 15.4 Å². The third kappa shape index (κ3) is 4.16. The summed E-state index contributed by atoms with van der Waals surface area (Å²) in [5, 5.41) is 6.68. The summed E-state index contributed by atoms with van der Waals surface area (Å²) < 4.78 is 5.51. The van der Waals surface area contributed by atoms with Gasteiger partial charge in [-0.3, -0.25) is 9.59 Å². The number of ether oxygens (including phenoxy) is 1. The molecule has 2 amide bonds. The number of rotatable bonds is 5. The zero-order valence-corrected chi connectivity index (χ0v) is 20.3. The van der Waals surface area contributed by atoms with Crippen LogP contribution in [0, 0.1) is 23.2 Å². The van der Waals surface area contributed by atoms with Crippen molar-refractivity contribution in [3.63, 3.8) is 0 Å². The molecule has 5 nitrogen and oxygen atoms in total. The van der Waals surface area contributed by atoms with E-state index in [4.69, 9.17) is 16.3 Å². The van der Waals surface area contributed by atoms with Crippen LogP contribution in [0.1, 0.15) is 62.7 Å². The number of benzene rings is 1. The van der Waals surface area contributed by atoms with Crippen molar-refractivity contribution in [2.75, 3.05) is 17.7 Å². The van der Waals surface area contributed by atoms with E-state index >= 15 is 0 Å². The second-order valence-electron chi connectivity index (χ2n) is 10.2. The Labute approximate surface area is 199 Å². The standard InChI is InChI=1S/C25H31ClN2O3S/c1-14-22(32-6-5-31-14)24(30)28-21-4-3-19(26)10-20(21)23(29)27-15(2)25-11-16-7-17(12-25)9-18(8-16)13-25/h3-4,10,15-18H,5-9,11-13H2,1-2H3,(H,27,29)(H,28,30)/t15-,16?,17?,18?,25?/m1/s1. The van der Waals surface area contributed by atoms with Crippen molar-refractivity contribution in [1.82, 2.24) is 5.32 Å². The second-order valence-corrected chi connectivity index (χ2v) is 11.7. The van der Waals surface area contributed by atoms with E-state index in [9.17, 15) is 9.59 Å². The second kappa shape index (κ2) is 8.60. The molecule has 1 aromatic carbocycles. The minimum atomic E-state index is -0.252. The summed E-state index contributed by atoms with van der Waals surface area (Å²) >= 11 is 7.71. The molecule has 1 aromatic rings. The van der Waals surface area contributed by atoms with Gasteiger partial charge in [0.05, 0.1) is 17.9 Å². The number of carbonyl (C=O) groups is 2. The molecule has 2 N–H and O–H groups in total. The third-order valence-corrected chi connectivity index (χ3v) is 9.37. The molecular formula is C25H31ClN2O3S. The molecule has 4 bridgehead atoms. The van der Waals surface area contributed by atoms with Crippen molar-refractivity contribution in [3.8, 4) is 0 Å². The topological polar surface area (TPSA) is 67.4 Å². The summed E-state index contributed by atoms with van der Waals surface area (Å²) in [5.74, 6) is 3.41. The van der Waals surface area contributed by atoms with Gasteiger partial charge in [-0.05, 0) is 93.7 Å². The number of halogens is 1. The smallest absolute Gasteiger partial charge is 0.265 e. The van der Waals surface area contributed by atoms with Gasteiger partial charge in [0.2, 0.25) is 0 Å². The Hall–Kier alpha value is -1.66. The van der Waals surface area contributed by atoms with Crippen LogP contribution in [0.3, 0.4) is 0 Å². The van der Waals surface area contributed by atoms with E-state index in [-0.39, 0.29) is 23.3 Å². The van der Waals surface area contributed by atoms with Crippen molar-refractivity contribution < 1.29 is 14.3 Å². The van der Waals surface area contributed by atoms with Gasteiger partial charge in [-0.1, -0.05) is 11.6 Å². The molecular weight excluding hydrogens is 444 g/mol. The average Bonchev–Trinajstić information content (AvgIpc) is 2.74. The number of hydrogen-bond acceptors (Lipinski definition) is 4. The molecule has 7 heteroatoms. The summed E-state index contributed by atoms with van der Waals surface area (Å²) in [6.45, 7) is 4.56. The van der Waals surface area contributed by atoms with E-state index in [1.54, 1.807) is 25.1 Å². The first kappa shape index (κ1) is 22.1. The number of anilines is 1. The van der Waals surface area contributed by atoms with Gasteiger partial charge >= 0.3 is 0 Å². The molecule has 0 aromatic heterocycles. The van der Waals surface area contributed by atoms with Crippen LogP contribution in [0.5, 0.6) is 0 Å². The van der Waals surface area contributed by atoms with Crippen molar-refractivity contribution in [2.45, 2.75) is 58.4 Å². The van der Waals surface area contributed by atoms with Gasteiger partial charge in [0.1, 0.15) is 10.7 Å². The molecule has 0 spiro atoms. The number of amides is 2. The highest BCUT2D eigenvalue weighted by atomic mass is 35.5. The fourth-order valence-electron chi connectivity index (χ4n) is 6.86. The van der Waals surface area contributed by atoms with Crippen LogP contribution in [0.15, 0.2) is 28.9 Å². The molecule has 4 saturated carbocycles. The van der Waals surface area contributed by atoms with Crippen molar-refractivity contribution in [1.29, 1.82) is 0 Å². The van der Waals surface area contributed by atoms with E-state index in [1.165, 1.54) is 50.3 Å².